The largest absolute Gasteiger partial charge is 0.107 e. The molecule has 0 amide bonds. The number of hydrogen-bond donors (Lipinski definition) is 0. The van der Waals surface area contributed by atoms with Crippen molar-refractivity contribution in [3.8, 4) is 11.8 Å². The maximum absolute atomic E-state index is 3.05. The smallest absolute Gasteiger partial charge is 0.00935 e. The minimum atomic E-state index is 0.448. The van der Waals surface area contributed by atoms with Crippen molar-refractivity contribution in [3.63, 3.8) is 0 Å². The van der Waals surface area contributed by atoms with Gasteiger partial charge in [0.15, 0.2) is 0 Å². The molecular formula is C9H16. The van der Waals surface area contributed by atoms with Crippen LogP contribution in [0.3, 0.4) is 0 Å². The Hall–Kier alpha value is -0.440. The Bertz CT molecular complexity index is 115. The Balaban J connectivity index is 3.36. The molecule has 0 aromatic carbocycles. The van der Waals surface area contributed by atoms with Gasteiger partial charge in [-0.15, -0.1) is 11.8 Å². The van der Waals surface area contributed by atoms with E-state index >= 15 is 0 Å². The number of hydrogen-bond acceptors (Lipinski definition) is 0. The zero-order valence-corrected chi connectivity index (χ0v) is 6.91. The van der Waals surface area contributed by atoms with E-state index in [2.05, 4.69) is 32.6 Å². The summed E-state index contributed by atoms with van der Waals surface area (Å²) in [6, 6.07) is 0. The van der Waals surface area contributed by atoms with Gasteiger partial charge in [-0.3, -0.25) is 0 Å². The lowest BCUT2D eigenvalue weighted by Crippen LogP contribution is -2.02. The fraction of sp³-hybridized carbons (Fsp3) is 0.778. The first-order chi connectivity index (χ1) is 4.06. The third kappa shape index (κ3) is 7.56. The molecule has 0 aromatic heterocycles. The van der Waals surface area contributed by atoms with Crippen molar-refractivity contribution in [2.24, 2.45) is 5.41 Å². The average molecular weight is 124 g/mol. The summed E-state index contributed by atoms with van der Waals surface area (Å²) in [5.41, 5.74) is 0.448. The molecule has 0 atom stereocenters. The van der Waals surface area contributed by atoms with Crippen molar-refractivity contribution >= 4 is 0 Å². The monoisotopic (exact) mass is 124 g/mol. The molecule has 0 nitrogen and oxygen atoms in total. The van der Waals surface area contributed by atoms with Gasteiger partial charge < -0.3 is 0 Å². The van der Waals surface area contributed by atoms with Crippen molar-refractivity contribution in [2.75, 3.05) is 0 Å². The molecule has 0 saturated carbocycles. The molecule has 0 aromatic rings. The molecule has 0 aliphatic heterocycles. The summed E-state index contributed by atoms with van der Waals surface area (Å²) in [5, 5.41) is 0. The van der Waals surface area contributed by atoms with Gasteiger partial charge in [-0.2, -0.15) is 0 Å². The maximum Gasteiger partial charge on any atom is 0.00935 e. The van der Waals surface area contributed by atoms with E-state index in [0.29, 0.717) is 5.41 Å². The third-order valence-corrected chi connectivity index (χ3v) is 1.18. The van der Waals surface area contributed by atoms with Crippen LogP contribution in [0.15, 0.2) is 0 Å². The van der Waals surface area contributed by atoms with Crippen molar-refractivity contribution < 1.29 is 0 Å². The fourth-order valence-electron chi connectivity index (χ4n) is 0.562. The van der Waals surface area contributed by atoms with E-state index in [1.807, 2.05) is 6.92 Å². The van der Waals surface area contributed by atoms with E-state index in [1.165, 1.54) is 6.42 Å². The third-order valence-electron chi connectivity index (χ3n) is 1.18. The zero-order valence-electron chi connectivity index (χ0n) is 6.91. The highest BCUT2D eigenvalue weighted by Gasteiger charge is 2.07. The van der Waals surface area contributed by atoms with Crippen LogP contribution >= 0.6 is 0 Å². The molecule has 0 saturated heterocycles. The van der Waals surface area contributed by atoms with Gasteiger partial charge in [-0.1, -0.05) is 20.8 Å². The predicted molar refractivity (Wildman–Crippen MR) is 42.1 cm³/mol. The maximum atomic E-state index is 3.05. The van der Waals surface area contributed by atoms with Gasteiger partial charge in [0.05, 0.1) is 0 Å². The van der Waals surface area contributed by atoms with Gasteiger partial charge in [-0.25, -0.2) is 0 Å². The summed E-state index contributed by atoms with van der Waals surface area (Å²) in [6.45, 7) is 8.61. The molecule has 0 radical (unpaired) electrons. The van der Waals surface area contributed by atoms with E-state index in [4.69, 9.17) is 0 Å². The fourth-order valence-corrected chi connectivity index (χ4v) is 0.562. The van der Waals surface area contributed by atoms with Crippen molar-refractivity contribution in [1.29, 1.82) is 0 Å². The Morgan fingerprint density at radius 2 is 1.78 bits per heavy atom. The van der Waals surface area contributed by atoms with Crippen LogP contribution in [0.4, 0.5) is 0 Å². The summed E-state index contributed by atoms with van der Waals surface area (Å²) in [7, 11) is 0. The van der Waals surface area contributed by atoms with Gasteiger partial charge in [0.1, 0.15) is 0 Å². The molecule has 0 fully saturated rings. The lowest BCUT2D eigenvalue weighted by atomic mass is 9.91. The summed E-state index contributed by atoms with van der Waals surface area (Å²) >= 11 is 0. The van der Waals surface area contributed by atoms with Crippen LogP contribution in [-0.4, -0.2) is 0 Å². The van der Waals surface area contributed by atoms with Gasteiger partial charge in [0.2, 0.25) is 0 Å². The second-order valence-electron chi connectivity index (χ2n) is 3.49. The minimum absolute atomic E-state index is 0.448. The molecule has 0 spiro atoms. The van der Waals surface area contributed by atoms with Crippen molar-refractivity contribution in [2.45, 2.75) is 40.5 Å². The standard InChI is InChI=1S/C9H16/c1-5-6-7-8-9(2,3)4/h7-8H2,1-4H3. The van der Waals surface area contributed by atoms with Gasteiger partial charge >= 0.3 is 0 Å². The summed E-state index contributed by atoms with van der Waals surface area (Å²) in [5.74, 6) is 5.95. The molecule has 0 aliphatic rings. The normalized spacial score (nSPS) is 10.2. The van der Waals surface area contributed by atoms with Crippen LogP contribution in [0.25, 0.3) is 0 Å². The highest BCUT2D eigenvalue weighted by Crippen LogP contribution is 2.19. The summed E-state index contributed by atoms with van der Waals surface area (Å²) < 4.78 is 0. The van der Waals surface area contributed by atoms with Crippen LogP contribution in [0.5, 0.6) is 0 Å². The molecule has 0 N–H and O–H groups in total. The Kier molecular flexibility index (Phi) is 3.39. The first-order valence-electron chi connectivity index (χ1n) is 3.46. The van der Waals surface area contributed by atoms with E-state index in [0.717, 1.165) is 6.42 Å². The van der Waals surface area contributed by atoms with Crippen LogP contribution in [0.1, 0.15) is 40.5 Å². The van der Waals surface area contributed by atoms with Crippen molar-refractivity contribution in [3.05, 3.63) is 0 Å². The topological polar surface area (TPSA) is 0 Å². The molecule has 0 unspecified atom stereocenters. The van der Waals surface area contributed by atoms with Gasteiger partial charge in [-0.05, 0) is 18.8 Å². The van der Waals surface area contributed by atoms with Gasteiger partial charge in [0.25, 0.3) is 0 Å². The average Bonchev–Trinajstić information content (AvgIpc) is 1.63. The van der Waals surface area contributed by atoms with Crippen LogP contribution in [-0.2, 0) is 0 Å². The lowest BCUT2D eigenvalue weighted by molar-refractivity contribution is 0.384. The van der Waals surface area contributed by atoms with E-state index in [1.54, 1.807) is 0 Å². The SMILES string of the molecule is CC#CCCC(C)(C)C. The predicted octanol–water partition coefficient (Wildman–Crippen LogP) is 2.84. The highest BCUT2D eigenvalue weighted by atomic mass is 14.1. The second kappa shape index (κ2) is 3.56. The zero-order chi connectivity index (χ0) is 7.33. The van der Waals surface area contributed by atoms with Crippen LogP contribution in [0.2, 0.25) is 0 Å². The first-order valence-corrected chi connectivity index (χ1v) is 3.46. The van der Waals surface area contributed by atoms with Crippen molar-refractivity contribution in [1.82, 2.24) is 0 Å². The summed E-state index contributed by atoms with van der Waals surface area (Å²) in [6.07, 6.45) is 2.24. The first kappa shape index (κ1) is 8.56. The highest BCUT2D eigenvalue weighted by molar-refractivity contribution is 4.95. The van der Waals surface area contributed by atoms with E-state index < -0.39 is 0 Å². The molecule has 9 heavy (non-hydrogen) atoms. The van der Waals surface area contributed by atoms with E-state index in [9.17, 15) is 0 Å². The molecule has 0 rings (SSSR count). The quantitative estimate of drug-likeness (QED) is 0.471. The Labute approximate surface area is 58.7 Å². The number of rotatable bonds is 1. The Morgan fingerprint density at radius 1 is 1.22 bits per heavy atom. The Morgan fingerprint density at radius 3 is 2.11 bits per heavy atom. The molecule has 0 heteroatoms. The molecule has 0 heterocycles. The molecule has 0 bridgehead atoms. The lowest BCUT2D eigenvalue weighted by Gasteiger charge is -2.15. The minimum Gasteiger partial charge on any atom is -0.107 e. The van der Waals surface area contributed by atoms with E-state index in [-0.39, 0.29) is 0 Å². The van der Waals surface area contributed by atoms with Crippen LogP contribution < -0.4 is 0 Å². The molecule has 0 aliphatic carbocycles. The molecular weight excluding hydrogens is 108 g/mol. The second-order valence-corrected chi connectivity index (χ2v) is 3.49. The van der Waals surface area contributed by atoms with Gasteiger partial charge in [0, 0.05) is 6.42 Å². The summed E-state index contributed by atoms with van der Waals surface area (Å²) in [4.78, 5) is 0. The van der Waals surface area contributed by atoms with Crippen LogP contribution in [0, 0.1) is 17.3 Å². The molecule has 52 valence electrons.